The molecule has 1 aromatic carbocycles. The monoisotopic (exact) mass is 275 g/mol. The van der Waals surface area contributed by atoms with Gasteiger partial charge >= 0.3 is 0 Å². The third-order valence-electron chi connectivity index (χ3n) is 3.35. The van der Waals surface area contributed by atoms with Gasteiger partial charge in [-0.3, -0.25) is 10.1 Å². The smallest absolute Gasteiger partial charge is 0.272 e. The van der Waals surface area contributed by atoms with Gasteiger partial charge in [-0.25, -0.2) is 0 Å². The zero-order valence-electron chi connectivity index (χ0n) is 11.7. The number of hydrogen-bond donors (Lipinski definition) is 1. The third kappa shape index (κ3) is 2.58. The zero-order valence-corrected chi connectivity index (χ0v) is 11.7. The minimum Gasteiger partial charge on any atom is -0.458 e. The number of aliphatic hydroxyl groups excluding tert-OH is 1. The maximum atomic E-state index is 10.9. The Labute approximate surface area is 117 Å². The highest BCUT2D eigenvalue weighted by molar-refractivity contribution is 5.66. The van der Waals surface area contributed by atoms with Gasteiger partial charge in [0.25, 0.3) is 5.69 Å². The molecule has 2 rings (SSSR count). The molecule has 0 saturated carbocycles. The van der Waals surface area contributed by atoms with Crippen molar-refractivity contribution in [3.05, 3.63) is 51.3 Å². The largest absolute Gasteiger partial charge is 0.458 e. The summed E-state index contributed by atoms with van der Waals surface area (Å²) in [5.41, 5.74) is 2.27. The van der Waals surface area contributed by atoms with Crippen LogP contribution in [-0.4, -0.2) is 10.0 Å². The standard InChI is InChI=1S/C15H17NO4/c1-4-13(17)15-6-5-14(20-15)11-7-10(3)12(16(18)19)8-9(11)2/h5-8,13,17H,4H2,1-3H3. The van der Waals surface area contributed by atoms with E-state index in [-0.39, 0.29) is 10.6 Å². The summed E-state index contributed by atoms with van der Waals surface area (Å²) >= 11 is 0. The maximum Gasteiger partial charge on any atom is 0.272 e. The molecule has 1 N–H and O–H groups in total. The lowest BCUT2D eigenvalue weighted by Gasteiger charge is -2.06. The van der Waals surface area contributed by atoms with Crippen LogP contribution in [0.2, 0.25) is 0 Å². The number of nitrogens with zero attached hydrogens (tertiary/aromatic N) is 1. The summed E-state index contributed by atoms with van der Waals surface area (Å²) in [5.74, 6) is 1.13. The number of nitro groups is 1. The Kier molecular flexibility index (Phi) is 3.90. The average Bonchev–Trinajstić information content (AvgIpc) is 2.89. The first-order valence-electron chi connectivity index (χ1n) is 6.47. The molecule has 0 aliphatic carbocycles. The minimum atomic E-state index is -0.622. The highest BCUT2D eigenvalue weighted by atomic mass is 16.6. The van der Waals surface area contributed by atoms with Gasteiger partial charge in [-0.15, -0.1) is 0 Å². The number of rotatable bonds is 4. The highest BCUT2D eigenvalue weighted by Crippen LogP contribution is 2.32. The van der Waals surface area contributed by atoms with Crippen LogP contribution >= 0.6 is 0 Å². The van der Waals surface area contributed by atoms with Gasteiger partial charge < -0.3 is 9.52 Å². The quantitative estimate of drug-likeness (QED) is 0.677. The normalized spacial score (nSPS) is 12.4. The van der Waals surface area contributed by atoms with Gasteiger partial charge in [0.1, 0.15) is 17.6 Å². The van der Waals surface area contributed by atoms with Crippen LogP contribution in [0.5, 0.6) is 0 Å². The molecule has 1 unspecified atom stereocenters. The van der Waals surface area contributed by atoms with Crippen LogP contribution < -0.4 is 0 Å². The van der Waals surface area contributed by atoms with Crippen molar-refractivity contribution in [2.75, 3.05) is 0 Å². The zero-order chi connectivity index (χ0) is 14.9. The first-order valence-corrected chi connectivity index (χ1v) is 6.47. The van der Waals surface area contributed by atoms with E-state index in [0.717, 1.165) is 11.1 Å². The molecule has 1 aromatic heterocycles. The summed E-state index contributed by atoms with van der Waals surface area (Å²) in [6.45, 7) is 5.38. The van der Waals surface area contributed by atoms with Gasteiger partial charge in [0, 0.05) is 17.2 Å². The van der Waals surface area contributed by atoms with Gasteiger partial charge in [0.15, 0.2) is 0 Å². The van der Waals surface area contributed by atoms with Crippen molar-refractivity contribution in [1.82, 2.24) is 0 Å². The van der Waals surface area contributed by atoms with Crippen LogP contribution in [0.3, 0.4) is 0 Å². The van der Waals surface area contributed by atoms with Crippen LogP contribution in [0.4, 0.5) is 5.69 Å². The number of aryl methyl sites for hydroxylation is 2. The molecule has 2 aromatic rings. The van der Waals surface area contributed by atoms with Gasteiger partial charge in [-0.05, 0) is 44.0 Å². The van der Waals surface area contributed by atoms with Crippen molar-refractivity contribution in [3.63, 3.8) is 0 Å². The molecule has 0 amide bonds. The maximum absolute atomic E-state index is 10.9. The number of furan rings is 1. The summed E-state index contributed by atoms with van der Waals surface area (Å²) in [4.78, 5) is 10.5. The first-order chi connectivity index (χ1) is 9.43. The van der Waals surface area contributed by atoms with Crippen molar-refractivity contribution in [3.8, 4) is 11.3 Å². The van der Waals surface area contributed by atoms with Crippen molar-refractivity contribution in [1.29, 1.82) is 0 Å². The second-order valence-electron chi connectivity index (χ2n) is 4.84. The van der Waals surface area contributed by atoms with E-state index in [4.69, 9.17) is 4.42 Å². The van der Waals surface area contributed by atoms with E-state index in [0.29, 0.717) is 23.5 Å². The fourth-order valence-electron chi connectivity index (χ4n) is 2.14. The van der Waals surface area contributed by atoms with Crippen LogP contribution in [-0.2, 0) is 0 Å². The molecule has 0 saturated heterocycles. The molecule has 0 aliphatic rings. The van der Waals surface area contributed by atoms with E-state index in [2.05, 4.69) is 0 Å². The molecule has 0 bridgehead atoms. The topological polar surface area (TPSA) is 76.5 Å². The lowest BCUT2D eigenvalue weighted by atomic mass is 10.0. The summed E-state index contributed by atoms with van der Waals surface area (Å²) in [7, 11) is 0. The van der Waals surface area contributed by atoms with Crippen molar-refractivity contribution < 1.29 is 14.4 Å². The Bertz CT molecular complexity index is 645. The summed E-state index contributed by atoms with van der Waals surface area (Å²) in [6.07, 6.45) is -0.0474. The number of aliphatic hydroxyl groups is 1. The van der Waals surface area contributed by atoms with Gasteiger partial charge in [-0.1, -0.05) is 6.92 Å². The first kappa shape index (κ1) is 14.3. The molecule has 5 heteroatoms. The van der Waals surface area contributed by atoms with E-state index in [1.165, 1.54) is 0 Å². The number of hydrogen-bond acceptors (Lipinski definition) is 4. The molecular weight excluding hydrogens is 258 g/mol. The molecule has 1 atom stereocenters. The van der Waals surface area contributed by atoms with E-state index in [9.17, 15) is 15.2 Å². The third-order valence-corrected chi connectivity index (χ3v) is 3.35. The lowest BCUT2D eigenvalue weighted by Crippen LogP contribution is -1.94. The Morgan fingerprint density at radius 1 is 1.30 bits per heavy atom. The fourth-order valence-corrected chi connectivity index (χ4v) is 2.14. The molecule has 0 fully saturated rings. The second kappa shape index (κ2) is 5.46. The predicted molar refractivity (Wildman–Crippen MR) is 75.5 cm³/mol. The van der Waals surface area contributed by atoms with E-state index in [1.54, 1.807) is 38.1 Å². The Morgan fingerprint density at radius 2 is 2.00 bits per heavy atom. The predicted octanol–water partition coefficient (Wildman–Crippen LogP) is 3.92. The molecule has 0 spiro atoms. The minimum absolute atomic E-state index is 0.103. The highest BCUT2D eigenvalue weighted by Gasteiger charge is 2.17. The lowest BCUT2D eigenvalue weighted by molar-refractivity contribution is -0.385. The van der Waals surface area contributed by atoms with Crippen LogP contribution in [0.25, 0.3) is 11.3 Å². The molecule has 20 heavy (non-hydrogen) atoms. The van der Waals surface area contributed by atoms with Crippen molar-refractivity contribution in [2.24, 2.45) is 0 Å². The van der Waals surface area contributed by atoms with E-state index >= 15 is 0 Å². The summed E-state index contributed by atoms with van der Waals surface area (Å²) in [5, 5.41) is 20.7. The molecule has 1 heterocycles. The van der Waals surface area contributed by atoms with Crippen LogP contribution in [0, 0.1) is 24.0 Å². The molecule has 5 nitrogen and oxygen atoms in total. The van der Waals surface area contributed by atoms with Crippen molar-refractivity contribution >= 4 is 5.69 Å². The number of benzene rings is 1. The molecule has 0 radical (unpaired) electrons. The van der Waals surface area contributed by atoms with Gasteiger partial charge in [0.05, 0.1) is 4.92 Å². The molecule has 106 valence electrons. The van der Waals surface area contributed by atoms with Gasteiger partial charge in [0.2, 0.25) is 0 Å². The fraction of sp³-hybridized carbons (Fsp3) is 0.333. The van der Waals surface area contributed by atoms with Crippen LogP contribution in [0.1, 0.15) is 36.3 Å². The van der Waals surface area contributed by atoms with Crippen LogP contribution in [0.15, 0.2) is 28.7 Å². The average molecular weight is 275 g/mol. The number of nitro benzene ring substituents is 1. The Morgan fingerprint density at radius 3 is 2.60 bits per heavy atom. The summed E-state index contributed by atoms with van der Waals surface area (Å²) in [6, 6.07) is 6.80. The van der Waals surface area contributed by atoms with E-state index < -0.39 is 6.10 Å². The van der Waals surface area contributed by atoms with Crippen molar-refractivity contribution in [2.45, 2.75) is 33.3 Å². The second-order valence-corrected chi connectivity index (χ2v) is 4.84. The molecular formula is C15H17NO4. The van der Waals surface area contributed by atoms with Gasteiger partial charge in [-0.2, -0.15) is 0 Å². The molecule has 0 aliphatic heterocycles. The summed E-state index contributed by atoms with van der Waals surface area (Å²) < 4.78 is 5.64. The Balaban J connectivity index is 2.45. The van der Waals surface area contributed by atoms with E-state index in [1.807, 2.05) is 6.92 Å². The Hall–Kier alpha value is -2.14. The SMILES string of the molecule is CCC(O)c1ccc(-c2cc(C)c([N+](=O)[O-])cc2C)o1.